The normalized spacial score (nSPS) is 21.4. The van der Waals surface area contributed by atoms with E-state index >= 15 is 0 Å². The molecule has 3 nitrogen and oxygen atoms in total. The van der Waals surface area contributed by atoms with Gasteiger partial charge in [-0.15, -0.1) is 0 Å². The predicted molar refractivity (Wildman–Crippen MR) is 35.5 cm³/mol. The van der Waals surface area contributed by atoms with Gasteiger partial charge in [0, 0.05) is 0 Å². The molecule has 1 rings (SSSR count). The molecule has 1 atom stereocenters. The molecule has 0 aromatic rings. The second kappa shape index (κ2) is 3.79. The molecule has 1 aliphatic rings. The minimum absolute atomic E-state index is 0. The third-order valence-corrected chi connectivity index (χ3v) is 0.658. The third-order valence-electron chi connectivity index (χ3n) is 0.254. The molecule has 1 heterocycles. The van der Waals surface area contributed by atoms with E-state index in [1.165, 1.54) is 0 Å². The molecule has 1 aliphatic heterocycles. The zero-order chi connectivity index (χ0) is 3.91. The number of rotatable bonds is 0. The topological polar surface area (TPSA) is 45.3 Å². The molecule has 0 spiro atoms. The molecule has 0 aromatic carbocycles. The Bertz CT molecular complexity index is 52.9. The van der Waals surface area contributed by atoms with Crippen LogP contribution in [0.1, 0.15) is 0 Å². The molecular formula is CH9AlAsInO3. The van der Waals surface area contributed by atoms with Gasteiger partial charge in [0.15, 0.2) is 17.4 Å². The van der Waals surface area contributed by atoms with Crippen molar-refractivity contribution < 1.29 is 14.9 Å². The van der Waals surface area contributed by atoms with Crippen LogP contribution in [0, 0.1) is 0 Å². The van der Waals surface area contributed by atoms with Crippen LogP contribution in [-0.4, -0.2) is 69.9 Å². The van der Waals surface area contributed by atoms with Crippen molar-refractivity contribution in [2.75, 3.05) is 0 Å². The maximum atomic E-state index is 8.22. The Morgan fingerprint density at radius 2 is 1.57 bits per heavy atom. The van der Waals surface area contributed by atoms with Crippen molar-refractivity contribution in [3.05, 3.63) is 0 Å². The molecule has 7 heavy (non-hydrogen) atoms. The van der Waals surface area contributed by atoms with Crippen LogP contribution in [0.25, 0.3) is 0 Å². The summed E-state index contributed by atoms with van der Waals surface area (Å²) in [6, 6.07) is 0. The van der Waals surface area contributed by atoms with Gasteiger partial charge in [0.2, 0.25) is 0 Å². The van der Waals surface area contributed by atoms with Gasteiger partial charge in [-0.05, 0) is 0 Å². The van der Waals surface area contributed by atoms with Gasteiger partial charge >= 0.3 is 62.3 Å². The average Bonchev–Trinajstić information content (AvgIpc) is 1.76. The van der Waals surface area contributed by atoms with Crippen molar-refractivity contribution in [1.82, 2.24) is 0 Å². The van der Waals surface area contributed by atoms with Gasteiger partial charge in [0.1, 0.15) is 0 Å². The molecule has 0 saturated carbocycles. The Hall–Kier alpha value is 1.84. The summed E-state index contributed by atoms with van der Waals surface area (Å²) < 4.78 is -1.19. The van der Waals surface area contributed by atoms with Crippen molar-refractivity contribution in [3.8, 4) is 0 Å². The van der Waals surface area contributed by atoms with E-state index in [0.29, 0.717) is 0 Å². The second-order valence-electron chi connectivity index (χ2n) is 0.797. The molecule has 0 aliphatic carbocycles. The molecule has 0 aromatic heterocycles. The molecule has 6 heteroatoms. The van der Waals surface area contributed by atoms with Crippen LogP contribution in [0.5, 0.6) is 0 Å². The first kappa shape index (κ1) is 11.6. The van der Waals surface area contributed by atoms with Crippen molar-refractivity contribution in [1.29, 1.82) is 0 Å². The summed E-state index contributed by atoms with van der Waals surface area (Å²) in [5.74, 6) is 0. The predicted octanol–water partition coefficient (Wildman–Crippen LogP) is -4.18. The maximum absolute atomic E-state index is 8.22. The van der Waals surface area contributed by atoms with Crippen molar-refractivity contribution in [2.45, 2.75) is 4.76 Å². The molecule has 1 N–H and O–H groups in total. The molecule has 1 saturated heterocycles. The van der Waals surface area contributed by atoms with E-state index in [2.05, 4.69) is 9.78 Å². The van der Waals surface area contributed by atoms with E-state index in [9.17, 15) is 0 Å². The summed E-state index contributed by atoms with van der Waals surface area (Å²) in [5.41, 5.74) is 0. The third kappa shape index (κ3) is 5.72. The summed E-state index contributed by atoms with van der Waals surface area (Å²) in [5, 5.41) is 8.22. The first-order valence-corrected chi connectivity index (χ1v) is 2.30. The Morgan fingerprint density at radius 3 is 1.57 bits per heavy atom. The summed E-state index contributed by atoms with van der Waals surface area (Å²) in [6.07, 6.45) is 0. The standard InChI is InChI=1S/CH3AsO3.Al.In.6H/c2-1(3)4-5-1;;;;;;;;/h3H,2H2;;;;;;;;. The molecule has 1 fully saturated rings. The van der Waals surface area contributed by atoms with Crippen molar-refractivity contribution >= 4 is 60.1 Å². The Morgan fingerprint density at radius 1 is 1.43 bits per heavy atom. The van der Waals surface area contributed by atoms with E-state index in [1.54, 1.807) is 0 Å². The first-order chi connectivity index (χ1) is 2.21. The first-order valence-electron chi connectivity index (χ1n) is 1.09. The van der Waals surface area contributed by atoms with E-state index < -0.39 is 4.76 Å². The SMILES string of the molecule is OC1([AsH2])OO1.[AlH3].[InH3]. The monoisotopic (exact) mass is 286 g/mol. The fourth-order valence-electron chi connectivity index (χ4n) is 0.0427. The van der Waals surface area contributed by atoms with Gasteiger partial charge in [0.25, 0.3) is 0 Å². The van der Waals surface area contributed by atoms with E-state index in [0.717, 1.165) is 16.9 Å². The zero-order valence-electron chi connectivity index (χ0n) is 2.34. The fraction of sp³-hybridized carbons (Fsp3) is 1.00. The zero-order valence-corrected chi connectivity index (χ0v) is 4.76. The summed E-state index contributed by atoms with van der Waals surface area (Å²) >= 11 is 1.01. The minimum atomic E-state index is -1.19. The van der Waals surface area contributed by atoms with E-state index in [4.69, 9.17) is 5.11 Å². The Labute approximate surface area is 79.1 Å². The molecule has 0 amide bonds. The molecule has 42 valence electrons. The average molecular weight is 286 g/mol. The van der Waals surface area contributed by atoms with Crippen molar-refractivity contribution in [2.24, 2.45) is 0 Å². The van der Waals surface area contributed by atoms with Gasteiger partial charge in [0.05, 0.1) is 0 Å². The number of hydrogen-bond donors (Lipinski definition) is 1. The molecule has 0 bridgehead atoms. The number of hydrogen-bond acceptors (Lipinski definition) is 3. The van der Waals surface area contributed by atoms with E-state index in [1.807, 2.05) is 0 Å². The van der Waals surface area contributed by atoms with Crippen LogP contribution in [0.2, 0.25) is 0 Å². The van der Waals surface area contributed by atoms with Gasteiger partial charge < -0.3 is 0 Å². The molecular weight excluding hydrogens is 277 g/mol. The fourth-order valence-corrected chi connectivity index (χ4v) is 0.144. The van der Waals surface area contributed by atoms with Crippen LogP contribution < -0.4 is 0 Å². The van der Waals surface area contributed by atoms with Crippen LogP contribution in [-0.2, 0) is 9.78 Å². The van der Waals surface area contributed by atoms with E-state index in [-0.39, 0.29) is 43.2 Å². The van der Waals surface area contributed by atoms with Gasteiger partial charge in [-0.25, -0.2) is 0 Å². The van der Waals surface area contributed by atoms with Gasteiger partial charge in [-0.2, -0.15) is 0 Å². The summed E-state index contributed by atoms with van der Waals surface area (Å²) in [6.45, 7) is 0. The van der Waals surface area contributed by atoms with Crippen LogP contribution in [0.15, 0.2) is 0 Å². The number of aliphatic hydroxyl groups is 1. The van der Waals surface area contributed by atoms with Crippen LogP contribution >= 0.6 is 0 Å². The second-order valence-corrected chi connectivity index (χ2v) is 2.33. The van der Waals surface area contributed by atoms with Crippen molar-refractivity contribution in [3.63, 3.8) is 0 Å². The van der Waals surface area contributed by atoms with Gasteiger partial charge in [-0.1, -0.05) is 0 Å². The Balaban J connectivity index is 0. The van der Waals surface area contributed by atoms with Crippen LogP contribution in [0.3, 0.4) is 0 Å². The molecule has 1 unspecified atom stereocenters. The summed E-state index contributed by atoms with van der Waals surface area (Å²) in [4.78, 5) is 7.96. The molecule has 0 radical (unpaired) electrons. The van der Waals surface area contributed by atoms with Gasteiger partial charge in [-0.3, -0.25) is 0 Å². The quantitative estimate of drug-likeness (QED) is 0.279. The summed E-state index contributed by atoms with van der Waals surface area (Å²) in [7, 11) is 0. The Kier molecular flexibility index (Phi) is 6.29. The van der Waals surface area contributed by atoms with Crippen LogP contribution in [0.4, 0.5) is 0 Å².